The minimum atomic E-state index is -0.0464. The summed E-state index contributed by atoms with van der Waals surface area (Å²) >= 11 is 0. The van der Waals surface area contributed by atoms with E-state index in [1.54, 1.807) is 14.2 Å². The maximum Gasteiger partial charge on any atom is 0.157 e. The van der Waals surface area contributed by atoms with Crippen LogP contribution in [-0.4, -0.2) is 20.5 Å². The van der Waals surface area contributed by atoms with E-state index in [0.29, 0.717) is 5.41 Å². The molecule has 0 atom stereocenters. The second-order valence-electron chi connectivity index (χ2n) is 3.62. The molecule has 74 valence electrons. The van der Waals surface area contributed by atoms with Gasteiger partial charge in [0.15, 0.2) is 6.29 Å². The van der Waals surface area contributed by atoms with Gasteiger partial charge in [0, 0.05) is 20.6 Å². The van der Waals surface area contributed by atoms with Crippen LogP contribution in [0.25, 0.3) is 0 Å². The molecule has 0 saturated carbocycles. The lowest BCUT2D eigenvalue weighted by Crippen LogP contribution is -2.25. The van der Waals surface area contributed by atoms with E-state index in [1.807, 2.05) is 0 Å². The highest BCUT2D eigenvalue weighted by Crippen LogP contribution is 2.31. The molecule has 0 aromatic carbocycles. The largest absolute Gasteiger partial charge is 0.356 e. The summed E-state index contributed by atoms with van der Waals surface area (Å²) in [6, 6.07) is 0. The molecular formula is C10H22O2. The molecule has 0 amide bonds. The van der Waals surface area contributed by atoms with E-state index in [4.69, 9.17) is 9.47 Å². The molecule has 2 nitrogen and oxygen atoms in total. The summed E-state index contributed by atoms with van der Waals surface area (Å²) in [6.07, 6.45) is 3.28. The van der Waals surface area contributed by atoms with Gasteiger partial charge < -0.3 is 9.47 Å². The highest BCUT2D eigenvalue weighted by molar-refractivity contribution is 4.72. The van der Waals surface area contributed by atoms with Crippen LogP contribution in [0.2, 0.25) is 0 Å². The second-order valence-corrected chi connectivity index (χ2v) is 3.62. The first-order valence-corrected chi connectivity index (χ1v) is 4.67. The van der Waals surface area contributed by atoms with Crippen LogP contribution in [0.5, 0.6) is 0 Å². The van der Waals surface area contributed by atoms with Gasteiger partial charge >= 0.3 is 0 Å². The van der Waals surface area contributed by atoms with Crippen LogP contribution in [-0.2, 0) is 9.47 Å². The van der Waals surface area contributed by atoms with Crippen molar-refractivity contribution in [1.29, 1.82) is 0 Å². The molecular weight excluding hydrogens is 152 g/mol. The van der Waals surface area contributed by atoms with Crippen molar-refractivity contribution in [2.45, 2.75) is 46.3 Å². The topological polar surface area (TPSA) is 18.5 Å². The molecule has 0 radical (unpaired) electrons. The fourth-order valence-corrected chi connectivity index (χ4v) is 1.20. The quantitative estimate of drug-likeness (QED) is 0.576. The summed E-state index contributed by atoms with van der Waals surface area (Å²) in [5.41, 5.74) is 0.358. The van der Waals surface area contributed by atoms with Gasteiger partial charge in [-0.05, 0) is 5.41 Å². The van der Waals surface area contributed by atoms with E-state index in [9.17, 15) is 0 Å². The SMILES string of the molecule is CCC(C)(CC)CC(OC)OC. The van der Waals surface area contributed by atoms with Gasteiger partial charge in [-0.2, -0.15) is 0 Å². The lowest BCUT2D eigenvalue weighted by atomic mass is 9.81. The van der Waals surface area contributed by atoms with E-state index in [1.165, 1.54) is 12.8 Å². The molecule has 0 aliphatic carbocycles. The van der Waals surface area contributed by atoms with Crippen molar-refractivity contribution in [2.24, 2.45) is 5.41 Å². The van der Waals surface area contributed by atoms with E-state index < -0.39 is 0 Å². The van der Waals surface area contributed by atoms with Crippen molar-refractivity contribution in [3.05, 3.63) is 0 Å². The molecule has 0 aromatic rings. The van der Waals surface area contributed by atoms with Gasteiger partial charge in [-0.3, -0.25) is 0 Å². The van der Waals surface area contributed by atoms with E-state index in [-0.39, 0.29) is 6.29 Å². The molecule has 0 aromatic heterocycles. The van der Waals surface area contributed by atoms with Crippen molar-refractivity contribution in [3.63, 3.8) is 0 Å². The minimum absolute atomic E-state index is 0.0464. The zero-order valence-corrected chi connectivity index (χ0v) is 9.02. The molecule has 0 spiro atoms. The van der Waals surface area contributed by atoms with Crippen LogP contribution in [0.15, 0.2) is 0 Å². The number of rotatable bonds is 6. The third kappa shape index (κ3) is 3.55. The van der Waals surface area contributed by atoms with Crippen LogP contribution >= 0.6 is 0 Å². The Kier molecular flexibility index (Phi) is 5.51. The molecule has 0 unspecified atom stereocenters. The average molecular weight is 174 g/mol. The predicted octanol–water partition coefficient (Wildman–Crippen LogP) is 2.82. The summed E-state index contributed by atoms with van der Waals surface area (Å²) in [7, 11) is 3.39. The Labute approximate surface area is 76.3 Å². The predicted molar refractivity (Wildman–Crippen MR) is 51.1 cm³/mol. The van der Waals surface area contributed by atoms with Crippen LogP contribution < -0.4 is 0 Å². The molecule has 2 heteroatoms. The maximum absolute atomic E-state index is 5.18. The second kappa shape index (κ2) is 5.55. The van der Waals surface area contributed by atoms with E-state index >= 15 is 0 Å². The lowest BCUT2D eigenvalue weighted by Gasteiger charge is -2.29. The van der Waals surface area contributed by atoms with Crippen LogP contribution in [0.1, 0.15) is 40.0 Å². The molecule has 0 heterocycles. The molecule has 0 aliphatic heterocycles. The van der Waals surface area contributed by atoms with Gasteiger partial charge in [0.2, 0.25) is 0 Å². The Morgan fingerprint density at radius 2 is 1.50 bits per heavy atom. The first-order chi connectivity index (χ1) is 5.61. The van der Waals surface area contributed by atoms with Crippen LogP contribution in [0.4, 0.5) is 0 Å². The van der Waals surface area contributed by atoms with E-state index in [0.717, 1.165) is 6.42 Å². The molecule has 0 rings (SSSR count). The highest BCUT2D eigenvalue weighted by Gasteiger charge is 2.24. The Balaban J connectivity index is 3.99. The Bertz CT molecular complexity index is 104. The van der Waals surface area contributed by atoms with Crippen molar-refractivity contribution >= 4 is 0 Å². The average Bonchev–Trinajstić information content (AvgIpc) is 2.14. The molecule has 0 saturated heterocycles. The first-order valence-electron chi connectivity index (χ1n) is 4.67. The summed E-state index contributed by atoms with van der Waals surface area (Å²) < 4.78 is 10.4. The van der Waals surface area contributed by atoms with Crippen molar-refractivity contribution < 1.29 is 9.47 Å². The molecule has 12 heavy (non-hydrogen) atoms. The Morgan fingerprint density at radius 1 is 1.08 bits per heavy atom. The van der Waals surface area contributed by atoms with Crippen molar-refractivity contribution in [2.75, 3.05) is 14.2 Å². The van der Waals surface area contributed by atoms with Crippen LogP contribution in [0, 0.1) is 5.41 Å². The molecule has 0 N–H and O–H groups in total. The fraction of sp³-hybridized carbons (Fsp3) is 1.00. The van der Waals surface area contributed by atoms with Crippen molar-refractivity contribution in [1.82, 2.24) is 0 Å². The smallest absolute Gasteiger partial charge is 0.157 e. The van der Waals surface area contributed by atoms with Crippen LogP contribution in [0.3, 0.4) is 0 Å². The molecule has 0 bridgehead atoms. The lowest BCUT2D eigenvalue weighted by molar-refractivity contribution is -0.125. The Morgan fingerprint density at radius 3 is 1.75 bits per heavy atom. The number of hydrogen-bond donors (Lipinski definition) is 0. The third-order valence-electron chi connectivity index (χ3n) is 2.89. The zero-order chi connectivity index (χ0) is 9.61. The van der Waals surface area contributed by atoms with Gasteiger partial charge in [-0.25, -0.2) is 0 Å². The summed E-state index contributed by atoms with van der Waals surface area (Å²) in [4.78, 5) is 0. The first kappa shape index (κ1) is 11.9. The Hall–Kier alpha value is -0.0800. The number of methoxy groups -OCH3 is 2. The van der Waals surface area contributed by atoms with Gasteiger partial charge in [0.25, 0.3) is 0 Å². The third-order valence-corrected chi connectivity index (χ3v) is 2.89. The number of ether oxygens (including phenoxy) is 2. The molecule has 0 fully saturated rings. The highest BCUT2D eigenvalue weighted by atomic mass is 16.7. The normalized spacial score (nSPS) is 12.5. The maximum atomic E-state index is 5.18. The van der Waals surface area contributed by atoms with Crippen molar-refractivity contribution in [3.8, 4) is 0 Å². The fourth-order valence-electron chi connectivity index (χ4n) is 1.20. The standard InChI is InChI=1S/C10H22O2/c1-6-10(3,7-2)8-9(11-4)12-5/h9H,6-8H2,1-5H3. The van der Waals surface area contributed by atoms with E-state index in [2.05, 4.69) is 20.8 Å². The number of hydrogen-bond acceptors (Lipinski definition) is 2. The summed E-state index contributed by atoms with van der Waals surface area (Å²) in [5.74, 6) is 0. The summed E-state index contributed by atoms with van der Waals surface area (Å²) in [6.45, 7) is 6.70. The molecule has 0 aliphatic rings. The van der Waals surface area contributed by atoms with Gasteiger partial charge in [0.1, 0.15) is 0 Å². The van der Waals surface area contributed by atoms with Gasteiger partial charge in [0.05, 0.1) is 0 Å². The minimum Gasteiger partial charge on any atom is -0.356 e. The zero-order valence-electron chi connectivity index (χ0n) is 9.02. The summed E-state index contributed by atoms with van der Waals surface area (Å²) in [5, 5.41) is 0. The van der Waals surface area contributed by atoms with Gasteiger partial charge in [-0.1, -0.05) is 33.6 Å². The van der Waals surface area contributed by atoms with Gasteiger partial charge in [-0.15, -0.1) is 0 Å². The monoisotopic (exact) mass is 174 g/mol.